The van der Waals surface area contributed by atoms with Crippen molar-refractivity contribution in [2.75, 3.05) is 6.54 Å². The summed E-state index contributed by atoms with van der Waals surface area (Å²) < 4.78 is 27.1. The topological polar surface area (TPSA) is 130 Å². The van der Waals surface area contributed by atoms with Crippen molar-refractivity contribution in [1.29, 1.82) is 0 Å². The molecule has 170 valence electrons. The Hall–Kier alpha value is -3.27. The number of carbonyl (C=O) groups excluding carboxylic acids is 2. The van der Waals surface area contributed by atoms with Crippen LogP contribution < -0.4 is 15.4 Å². The van der Waals surface area contributed by atoms with Crippen LogP contribution in [0.4, 0.5) is 0 Å². The second-order valence-corrected chi connectivity index (χ2v) is 9.23. The molecule has 1 aromatic carbocycles. The summed E-state index contributed by atoms with van der Waals surface area (Å²) in [6.45, 7) is 4.36. The summed E-state index contributed by atoms with van der Waals surface area (Å²) in [5.41, 5.74) is 1.38. The number of hydrogen-bond donors (Lipinski definition) is 3. The Kier molecular flexibility index (Phi) is 7.57. The molecule has 10 heteroatoms. The van der Waals surface area contributed by atoms with E-state index in [1.807, 2.05) is 26.0 Å². The monoisotopic (exact) mass is 457 g/mol. The molecule has 3 rings (SSSR count). The fourth-order valence-corrected chi connectivity index (χ4v) is 4.47. The first-order chi connectivity index (χ1) is 15.3. The van der Waals surface area contributed by atoms with E-state index in [0.29, 0.717) is 18.5 Å². The van der Waals surface area contributed by atoms with Gasteiger partial charge in [-0.25, -0.2) is 8.42 Å². The first kappa shape index (κ1) is 23.4. The number of amidine groups is 1. The Bertz CT molecular complexity index is 1100. The smallest absolute Gasteiger partial charge is 0.263 e. The van der Waals surface area contributed by atoms with Crippen LogP contribution in [0.2, 0.25) is 0 Å². The van der Waals surface area contributed by atoms with Crippen LogP contribution in [-0.4, -0.2) is 43.6 Å². The van der Waals surface area contributed by atoms with Gasteiger partial charge in [-0.1, -0.05) is 32.4 Å². The predicted octanol–water partition coefficient (Wildman–Crippen LogP) is 1.36. The zero-order chi connectivity index (χ0) is 23.1. The van der Waals surface area contributed by atoms with E-state index in [1.54, 1.807) is 30.6 Å². The molecule has 0 bridgehead atoms. The van der Waals surface area contributed by atoms with Crippen LogP contribution in [0.5, 0.6) is 0 Å². The quantitative estimate of drug-likeness (QED) is 0.523. The molecule has 0 aliphatic carbocycles. The van der Waals surface area contributed by atoms with Crippen molar-refractivity contribution in [3.8, 4) is 0 Å². The highest BCUT2D eigenvalue weighted by molar-refractivity contribution is 7.90. The van der Waals surface area contributed by atoms with Crippen molar-refractivity contribution < 1.29 is 18.0 Å². The summed E-state index contributed by atoms with van der Waals surface area (Å²) >= 11 is 0. The Morgan fingerprint density at radius 1 is 1.12 bits per heavy atom. The van der Waals surface area contributed by atoms with Crippen LogP contribution in [0, 0.1) is 5.92 Å². The van der Waals surface area contributed by atoms with E-state index in [4.69, 9.17) is 0 Å². The van der Waals surface area contributed by atoms with E-state index in [2.05, 4.69) is 25.3 Å². The Morgan fingerprint density at radius 2 is 1.84 bits per heavy atom. The fourth-order valence-electron chi connectivity index (χ4n) is 3.23. The molecule has 0 saturated heterocycles. The lowest BCUT2D eigenvalue weighted by atomic mass is 9.98. The molecule has 3 N–H and O–H groups in total. The van der Waals surface area contributed by atoms with Gasteiger partial charge in [-0.15, -0.1) is 0 Å². The third-order valence-electron chi connectivity index (χ3n) is 5.27. The third kappa shape index (κ3) is 5.70. The zero-order valence-corrected chi connectivity index (χ0v) is 18.9. The molecule has 2 aromatic rings. The van der Waals surface area contributed by atoms with Crippen LogP contribution >= 0.6 is 0 Å². The van der Waals surface area contributed by atoms with E-state index >= 15 is 0 Å². The maximum absolute atomic E-state index is 12.8. The summed E-state index contributed by atoms with van der Waals surface area (Å²) in [5.74, 6) is -0.500. The van der Waals surface area contributed by atoms with E-state index in [9.17, 15) is 18.0 Å². The highest BCUT2D eigenvalue weighted by Crippen LogP contribution is 2.24. The van der Waals surface area contributed by atoms with E-state index < -0.39 is 16.1 Å². The number of sulfonamides is 1. The molecule has 2 heterocycles. The normalized spacial score (nSPS) is 17.1. The lowest BCUT2D eigenvalue weighted by Gasteiger charge is -2.19. The Morgan fingerprint density at radius 3 is 2.56 bits per heavy atom. The molecule has 0 saturated carbocycles. The van der Waals surface area contributed by atoms with Gasteiger partial charge in [0.25, 0.3) is 10.0 Å². The average Bonchev–Trinajstić information content (AvgIpc) is 3.06. The molecule has 0 spiro atoms. The molecule has 32 heavy (non-hydrogen) atoms. The van der Waals surface area contributed by atoms with Crippen molar-refractivity contribution in [3.63, 3.8) is 0 Å². The number of benzene rings is 1. The van der Waals surface area contributed by atoms with Crippen molar-refractivity contribution in [2.45, 2.75) is 44.2 Å². The van der Waals surface area contributed by atoms with E-state index in [0.717, 1.165) is 5.56 Å². The first-order valence-electron chi connectivity index (χ1n) is 10.4. The maximum Gasteiger partial charge on any atom is 0.263 e. The number of fused-ring (bicyclic) bond motifs is 1. The molecular weight excluding hydrogens is 430 g/mol. The molecule has 0 unspecified atom stereocenters. The molecule has 0 radical (unpaired) electrons. The van der Waals surface area contributed by atoms with Gasteiger partial charge >= 0.3 is 0 Å². The number of aromatic nitrogens is 1. The van der Waals surface area contributed by atoms with Crippen molar-refractivity contribution >= 4 is 27.7 Å². The summed E-state index contributed by atoms with van der Waals surface area (Å²) in [6, 6.07) is 9.36. The molecule has 2 atom stereocenters. The van der Waals surface area contributed by atoms with Gasteiger partial charge in [-0.3, -0.25) is 24.3 Å². The van der Waals surface area contributed by atoms with Crippen LogP contribution in [0.25, 0.3) is 0 Å². The van der Waals surface area contributed by atoms with Crippen molar-refractivity contribution in [3.05, 3.63) is 59.9 Å². The van der Waals surface area contributed by atoms with Crippen LogP contribution in [0.1, 0.15) is 37.8 Å². The lowest BCUT2D eigenvalue weighted by Crippen LogP contribution is -2.40. The van der Waals surface area contributed by atoms with Gasteiger partial charge in [0, 0.05) is 37.5 Å². The molecule has 1 aliphatic heterocycles. The molecule has 0 fully saturated rings. The van der Waals surface area contributed by atoms with Gasteiger partial charge in [0.05, 0.1) is 4.90 Å². The second-order valence-electron chi connectivity index (χ2n) is 7.58. The number of hydrogen-bond acceptors (Lipinski definition) is 6. The molecule has 2 amide bonds. The predicted molar refractivity (Wildman–Crippen MR) is 120 cm³/mol. The van der Waals surface area contributed by atoms with Crippen LogP contribution in [-0.2, 0) is 26.2 Å². The SMILES string of the molecule is CC[C@H](C)[C@H](N=C1NS(=O)(=O)c2ccccc21)C(=O)NCCC(=O)NCc1ccncc1. The first-order valence-corrected chi connectivity index (χ1v) is 11.9. The minimum Gasteiger partial charge on any atom is -0.354 e. The largest absolute Gasteiger partial charge is 0.354 e. The number of carbonyl (C=O) groups is 2. The Balaban J connectivity index is 1.61. The van der Waals surface area contributed by atoms with E-state index in [1.165, 1.54) is 6.07 Å². The van der Waals surface area contributed by atoms with E-state index in [-0.39, 0.29) is 41.4 Å². The van der Waals surface area contributed by atoms with Gasteiger partial charge < -0.3 is 10.6 Å². The number of rotatable bonds is 9. The third-order valence-corrected chi connectivity index (χ3v) is 6.67. The van der Waals surface area contributed by atoms with Crippen molar-refractivity contribution in [1.82, 2.24) is 20.3 Å². The summed E-state index contributed by atoms with van der Waals surface area (Å²) in [6.07, 6.45) is 4.11. The minimum absolute atomic E-state index is 0.121. The molecule has 1 aliphatic rings. The molecule has 1 aromatic heterocycles. The summed E-state index contributed by atoms with van der Waals surface area (Å²) in [5, 5.41) is 5.54. The highest BCUT2D eigenvalue weighted by Gasteiger charge is 2.33. The zero-order valence-electron chi connectivity index (χ0n) is 18.0. The summed E-state index contributed by atoms with van der Waals surface area (Å²) in [4.78, 5) is 33.4. The Labute approximate surface area is 187 Å². The average molecular weight is 458 g/mol. The standard InChI is InChI=1S/C22H27N5O4S/c1-3-15(2)20(26-21-17-6-4-5-7-18(17)32(30,31)27-21)22(29)24-13-10-19(28)25-14-16-8-11-23-12-9-16/h4-9,11-12,15,20H,3,10,13-14H2,1-2H3,(H,24,29)(H,25,28)(H,26,27)/t15-,20-/m0/s1. The number of pyridine rings is 1. The van der Waals surface area contributed by atoms with Gasteiger partial charge in [-0.05, 0) is 35.7 Å². The number of nitrogens with one attached hydrogen (secondary N) is 3. The summed E-state index contributed by atoms with van der Waals surface area (Å²) in [7, 11) is -3.69. The van der Waals surface area contributed by atoms with Gasteiger partial charge in [0.15, 0.2) is 0 Å². The lowest BCUT2D eigenvalue weighted by molar-refractivity contribution is -0.123. The van der Waals surface area contributed by atoms with Crippen LogP contribution in [0.15, 0.2) is 58.7 Å². The minimum atomic E-state index is -3.69. The molecule has 9 nitrogen and oxygen atoms in total. The van der Waals surface area contributed by atoms with Gasteiger partial charge in [0.2, 0.25) is 11.8 Å². The van der Waals surface area contributed by atoms with Gasteiger partial charge in [0.1, 0.15) is 11.9 Å². The number of aliphatic imine (C=N–C) groups is 1. The number of amides is 2. The highest BCUT2D eigenvalue weighted by atomic mass is 32.2. The second kappa shape index (κ2) is 10.4. The fraction of sp³-hybridized carbons (Fsp3) is 0.364. The van der Waals surface area contributed by atoms with Crippen LogP contribution in [0.3, 0.4) is 0 Å². The van der Waals surface area contributed by atoms with Gasteiger partial charge in [-0.2, -0.15) is 0 Å². The molecular formula is C22H27N5O4S. The maximum atomic E-state index is 12.8. The van der Waals surface area contributed by atoms with Crippen molar-refractivity contribution in [2.24, 2.45) is 10.9 Å². The number of nitrogens with zero attached hydrogens (tertiary/aromatic N) is 2.